The van der Waals surface area contributed by atoms with E-state index in [4.69, 9.17) is 4.74 Å². The van der Waals surface area contributed by atoms with Crippen LogP contribution >= 0.6 is 0 Å². The summed E-state index contributed by atoms with van der Waals surface area (Å²) in [6, 6.07) is 14.4. The Bertz CT molecular complexity index is 836. The highest BCUT2D eigenvalue weighted by atomic mass is 32.2. The van der Waals surface area contributed by atoms with Crippen molar-refractivity contribution in [2.24, 2.45) is 0 Å². The fourth-order valence-corrected chi connectivity index (χ4v) is 3.69. The summed E-state index contributed by atoms with van der Waals surface area (Å²) in [6.07, 6.45) is 0.207. The maximum Gasteiger partial charge on any atom is 0.240 e. The number of hydrogen-bond donors (Lipinski definition) is 2. The number of amides is 1. The van der Waals surface area contributed by atoms with Crippen molar-refractivity contribution in [3.8, 4) is 5.75 Å². The van der Waals surface area contributed by atoms with Crippen molar-refractivity contribution in [2.75, 3.05) is 19.7 Å². The predicted octanol–water partition coefficient (Wildman–Crippen LogP) is 2.17. The Hall–Kier alpha value is -2.38. The fourth-order valence-electron chi connectivity index (χ4n) is 2.43. The second-order valence-electron chi connectivity index (χ2n) is 5.93. The van der Waals surface area contributed by atoms with E-state index in [-0.39, 0.29) is 36.9 Å². The van der Waals surface area contributed by atoms with E-state index < -0.39 is 10.0 Å². The quantitative estimate of drug-likeness (QED) is 0.657. The third kappa shape index (κ3) is 6.16. The van der Waals surface area contributed by atoms with E-state index in [2.05, 4.69) is 10.0 Å². The largest absolute Gasteiger partial charge is 0.493 e. The summed E-state index contributed by atoms with van der Waals surface area (Å²) in [5.74, 6) is 0.521. The van der Waals surface area contributed by atoms with Gasteiger partial charge in [0, 0.05) is 13.1 Å². The highest BCUT2D eigenvalue weighted by molar-refractivity contribution is 7.89. The van der Waals surface area contributed by atoms with Gasteiger partial charge >= 0.3 is 0 Å². The van der Waals surface area contributed by atoms with Crippen LogP contribution in [0.25, 0.3) is 0 Å². The van der Waals surface area contributed by atoms with E-state index in [1.54, 1.807) is 19.1 Å². The smallest absolute Gasteiger partial charge is 0.240 e. The molecule has 0 saturated carbocycles. The molecule has 0 radical (unpaired) electrons. The van der Waals surface area contributed by atoms with E-state index in [9.17, 15) is 13.2 Å². The van der Waals surface area contributed by atoms with Crippen molar-refractivity contribution >= 4 is 15.9 Å². The van der Waals surface area contributed by atoms with Gasteiger partial charge in [0.2, 0.25) is 15.9 Å². The van der Waals surface area contributed by atoms with Gasteiger partial charge in [0.25, 0.3) is 0 Å². The number of benzene rings is 2. The van der Waals surface area contributed by atoms with Crippen LogP contribution in [0, 0.1) is 13.8 Å². The number of carbonyl (C=O) groups is 1. The molecule has 2 aromatic rings. The number of hydrogen-bond acceptors (Lipinski definition) is 4. The second kappa shape index (κ2) is 9.35. The van der Waals surface area contributed by atoms with E-state index in [0.717, 1.165) is 5.56 Å². The van der Waals surface area contributed by atoms with Gasteiger partial charge in [0.05, 0.1) is 17.9 Å². The van der Waals surface area contributed by atoms with E-state index in [1.165, 1.54) is 0 Å². The maximum absolute atomic E-state index is 12.3. The topological polar surface area (TPSA) is 84.5 Å². The zero-order chi connectivity index (χ0) is 19.0. The normalized spacial score (nSPS) is 11.2. The molecule has 2 rings (SSSR count). The molecule has 0 aliphatic carbocycles. The molecule has 0 bridgehead atoms. The van der Waals surface area contributed by atoms with Gasteiger partial charge in [-0.2, -0.15) is 0 Å². The lowest BCUT2D eigenvalue weighted by atomic mass is 10.2. The standard InChI is InChI=1S/C19H24N2O4S/c1-15-8-9-18(16(2)14-15)26(23,24)21-12-11-20-19(22)10-13-25-17-6-4-3-5-7-17/h3-9,14,21H,10-13H2,1-2H3,(H,20,22). The number of rotatable bonds is 9. The van der Waals surface area contributed by atoms with Crippen molar-refractivity contribution in [3.63, 3.8) is 0 Å². The summed E-state index contributed by atoms with van der Waals surface area (Å²) in [6.45, 7) is 4.28. The number of para-hydroxylation sites is 1. The molecule has 0 aliphatic heterocycles. The summed E-state index contributed by atoms with van der Waals surface area (Å²) < 4.78 is 32.5. The minimum absolute atomic E-state index is 0.126. The molecule has 0 saturated heterocycles. The van der Waals surface area contributed by atoms with Crippen molar-refractivity contribution in [1.29, 1.82) is 0 Å². The third-order valence-corrected chi connectivity index (χ3v) is 5.32. The molecule has 2 aromatic carbocycles. The van der Waals surface area contributed by atoms with E-state index in [0.29, 0.717) is 11.3 Å². The molecule has 0 spiro atoms. The van der Waals surface area contributed by atoms with Crippen molar-refractivity contribution in [2.45, 2.75) is 25.2 Å². The minimum atomic E-state index is -3.58. The Kier molecular flexibility index (Phi) is 7.17. The van der Waals surface area contributed by atoms with Gasteiger partial charge in [-0.25, -0.2) is 13.1 Å². The van der Waals surface area contributed by atoms with E-state index in [1.807, 2.05) is 43.3 Å². The van der Waals surface area contributed by atoms with Crippen LogP contribution in [-0.4, -0.2) is 34.0 Å². The molecule has 0 fully saturated rings. The molecule has 2 N–H and O–H groups in total. The zero-order valence-electron chi connectivity index (χ0n) is 15.0. The number of carbonyl (C=O) groups excluding carboxylic acids is 1. The van der Waals surface area contributed by atoms with Crippen molar-refractivity contribution < 1.29 is 17.9 Å². The second-order valence-corrected chi connectivity index (χ2v) is 7.66. The molecule has 0 heterocycles. The first-order chi connectivity index (χ1) is 12.4. The highest BCUT2D eigenvalue weighted by Gasteiger charge is 2.16. The zero-order valence-corrected chi connectivity index (χ0v) is 15.8. The first-order valence-corrected chi connectivity index (χ1v) is 9.88. The number of ether oxygens (including phenoxy) is 1. The van der Waals surface area contributed by atoms with Gasteiger partial charge in [-0.1, -0.05) is 35.9 Å². The van der Waals surface area contributed by atoms with Crippen LogP contribution in [0.15, 0.2) is 53.4 Å². The van der Waals surface area contributed by atoms with Crippen LogP contribution in [0.4, 0.5) is 0 Å². The molecule has 0 aliphatic rings. The van der Waals surface area contributed by atoms with Crippen LogP contribution in [0.1, 0.15) is 17.5 Å². The van der Waals surface area contributed by atoms with Gasteiger partial charge in [-0.3, -0.25) is 4.79 Å². The van der Waals surface area contributed by atoms with Gasteiger partial charge in [-0.15, -0.1) is 0 Å². The van der Waals surface area contributed by atoms with Gasteiger partial charge in [0.15, 0.2) is 0 Å². The maximum atomic E-state index is 12.3. The minimum Gasteiger partial charge on any atom is -0.493 e. The summed E-state index contributed by atoms with van der Waals surface area (Å²) in [4.78, 5) is 12.0. The molecule has 6 nitrogen and oxygen atoms in total. The predicted molar refractivity (Wildman–Crippen MR) is 101 cm³/mol. The number of nitrogens with one attached hydrogen (secondary N) is 2. The molecule has 140 valence electrons. The summed E-state index contributed by atoms with van der Waals surface area (Å²) in [5.41, 5.74) is 1.70. The van der Waals surface area contributed by atoms with Crippen LogP contribution in [0.3, 0.4) is 0 Å². The van der Waals surface area contributed by atoms with Crippen molar-refractivity contribution in [1.82, 2.24) is 10.0 Å². The first kappa shape index (κ1) is 19.9. The number of sulfonamides is 1. The molecule has 0 aromatic heterocycles. The molecular formula is C19H24N2O4S. The van der Waals surface area contributed by atoms with Gasteiger partial charge in [-0.05, 0) is 37.6 Å². The van der Waals surface area contributed by atoms with Gasteiger partial charge in [0.1, 0.15) is 5.75 Å². The van der Waals surface area contributed by atoms with Gasteiger partial charge < -0.3 is 10.1 Å². The molecular weight excluding hydrogens is 352 g/mol. The highest BCUT2D eigenvalue weighted by Crippen LogP contribution is 2.15. The van der Waals surface area contributed by atoms with Crippen LogP contribution in [0.2, 0.25) is 0 Å². The van der Waals surface area contributed by atoms with E-state index >= 15 is 0 Å². The Labute approximate surface area is 154 Å². The third-order valence-electron chi connectivity index (χ3n) is 3.70. The summed E-state index contributed by atoms with van der Waals surface area (Å²) in [7, 11) is -3.58. The Morgan fingerprint density at radius 2 is 1.77 bits per heavy atom. The molecule has 26 heavy (non-hydrogen) atoms. The lowest BCUT2D eigenvalue weighted by Gasteiger charge is -2.11. The lowest BCUT2D eigenvalue weighted by molar-refractivity contribution is -0.121. The van der Waals surface area contributed by atoms with Crippen LogP contribution in [0.5, 0.6) is 5.75 Å². The molecule has 7 heteroatoms. The SMILES string of the molecule is Cc1ccc(S(=O)(=O)NCCNC(=O)CCOc2ccccc2)c(C)c1. The molecule has 0 unspecified atom stereocenters. The average Bonchev–Trinajstić information content (AvgIpc) is 2.59. The van der Waals surface area contributed by atoms with Crippen LogP contribution < -0.4 is 14.8 Å². The summed E-state index contributed by atoms with van der Waals surface area (Å²) in [5, 5.41) is 2.67. The Morgan fingerprint density at radius 1 is 1.04 bits per heavy atom. The molecule has 1 amide bonds. The average molecular weight is 376 g/mol. The Morgan fingerprint density at radius 3 is 2.46 bits per heavy atom. The summed E-state index contributed by atoms with van der Waals surface area (Å²) >= 11 is 0. The lowest BCUT2D eigenvalue weighted by Crippen LogP contribution is -2.35. The monoisotopic (exact) mass is 376 g/mol. The Balaban J connectivity index is 1.69. The van der Waals surface area contributed by atoms with Crippen LogP contribution in [-0.2, 0) is 14.8 Å². The first-order valence-electron chi connectivity index (χ1n) is 8.40. The fraction of sp³-hybridized carbons (Fsp3) is 0.316. The van der Waals surface area contributed by atoms with Crippen molar-refractivity contribution in [3.05, 3.63) is 59.7 Å². The number of aryl methyl sites for hydroxylation is 2. The molecule has 0 atom stereocenters.